The Kier molecular flexibility index (Phi) is 7.92. The predicted octanol–water partition coefficient (Wildman–Crippen LogP) is 2.70. The zero-order valence-electron chi connectivity index (χ0n) is 19.9. The van der Waals surface area contributed by atoms with Gasteiger partial charge in [-0.05, 0) is 36.4 Å². The van der Waals surface area contributed by atoms with E-state index in [2.05, 4.69) is 22.3 Å². The van der Waals surface area contributed by atoms with E-state index in [4.69, 9.17) is 21.2 Å². The molecular formula is C28H31N5O2. The second kappa shape index (κ2) is 11.5. The van der Waals surface area contributed by atoms with Crippen molar-refractivity contribution in [1.82, 2.24) is 9.88 Å². The number of amides is 1. The van der Waals surface area contributed by atoms with Crippen molar-refractivity contribution in [2.45, 2.75) is 19.6 Å². The van der Waals surface area contributed by atoms with Crippen molar-refractivity contribution >= 4 is 23.6 Å². The van der Waals surface area contributed by atoms with Crippen molar-refractivity contribution in [2.24, 2.45) is 11.5 Å². The van der Waals surface area contributed by atoms with Gasteiger partial charge in [0, 0.05) is 42.5 Å². The molecule has 0 saturated carbocycles. The Balaban J connectivity index is 1.67. The Morgan fingerprint density at radius 1 is 1.11 bits per heavy atom. The lowest BCUT2D eigenvalue weighted by molar-refractivity contribution is 0.155. The second-order valence-corrected chi connectivity index (χ2v) is 8.55. The molecule has 0 aliphatic heterocycles. The molecular weight excluding hydrogens is 438 g/mol. The number of hydrogen-bond donors (Lipinski definition) is 3. The zero-order valence-corrected chi connectivity index (χ0v) is 19.9. The highest BCUT2D eigenvalue weighted by atomic mass is 16.5. The van der Waals surface area contributed by atoms with E-state index in [9.17, 15) is 4.79 Å². The molecule has 0 radical (unpaired) electrons. The Hall–Kier alpha value is -3.94. The van der Waals surface area contributed by atoms with Crippen LogP contribution >= 0.6 is 0 Å². The standard InChI is InChI=1S/C28H31N5O2/c1-33(15-14-29)18-21-10-7-11-22(16-21)25-17-26(27-23(30)12-5-6-13-24(27)31-25)32-28(34)35-19-20-8-3-2-4-9-20/h2-11,13,16-17H,12,14-15,18-19,29-30H2,1H3,(H,32,34). The first-order valence-electron chi connectivity index (χ1n) is 11.7. The molecule has 180 valence electrons. The lowest BCUT2D eigenvalue weighted by Crippen LogP contribution is -2.36. The first kappa shape index (κ1) is 24.2. The highest BCUT2D eigenvalue weighted by molar-refractivity contribution is 5.86. The minimum Gasteiger partial charge on any atom is -0.444 e. The molecule has 5 N–H and O–H groups in total. The molecule has 0 atom stereocenters. The minimum absolute atomic E-state index is 0.179. The van der Waals surface area contributed by atoms with E-state index >= 15 is 0 Å². The average molecular weight is 470 g/mol. The second-order valence-electron chi connectivity index (χ2n) is 8.55. The number of rotatable bonds is 8. The van der Waals surface area contributed by atoms with E-state index in [0.29, 0.717) is 34.9 Å². The molecule has 0 saturated heterocycles. The molecule has 4 rings (SSSR count). The number of aromatic nitrogens is 1. The van der Waals surface area contributed by atoms with Crippen LogP contribution in [0.2, 0.25) is 0 Å². The lowest BCUT2D eigenvalue weighted by Gasteiger charge is -2.16. The van der Waals surface area contributed by atoms with E-state index in [1.807, 2.05) is 73.8 Å². The highest BCUT2D eigenvalue weighted by Gasteiger charge is 2.13. The van der Waals surface area contributed by atoms with Gasteiger partial charge >= 0.3 is 6.09 Å². The van der Waals surface area contributed by atoms with Gasteiger partial charge in [0.05, 0.1) is 16.7 Å². The average Bonchev–Trinajstić information content (AvgIpc) is 3.05. The highest BCUT2D eigenvalue weighted by Crippen LogP contribution is 2.20. The van der Waals surface area contributed by atoms with Crippen molar-refractivity contribution in [2.75, 3.05) is 25.5 Å². The Labute approximate surface area is 205 Å². The number of nitrogens with two attached hydrogens (primary N) is 2. The number of hydrogen-bond acceptors (Lipinski definition) is 6. The maximum absolute atomic E-state index is 12.7. The van der Waals surface area contributed by atoms with Gasteiger partial charge in [0.25, 0.3) is 0 Å². The summed E-state index contributed by atoms with van der Waals surface area (Å²) in [6, 6.07) is 19.6. The van der Waals surface area contributed by atoms with Crippen LogP contribution in [0.15, 0.2) is 72.8 Å². The summed E-state index contributed by atoms with van der Waals surface area (Å²) < 4.78 is 5.46. The lowest BCUT2D eigenvalue weighted by atomic mass is 10.1. The van der Waals surface area contributed by atoms with Crippen LogP contribution in [0.3, 0.4) is 0 Å². The molecule has 7 nitrogen and oxygen atoms in total. The molecule has 1 heterocycles. The molecule has 1 aliphatic carbocycles. The molecule has 7 heteroatoms. The van der Waals surface area contributed by atoms with Gasteiger partial charge in [0.1, 0.15) is 6.61 Å². The number of allylic oxidation sites excluding steroid dienone is 1. The fraction of sp³-hybridized carbons (Fsp3) is 0.214. The summed E-state index contributed by atoms with van der Waals surface area (Å²) in [5.41, 5.74) is 17.0. The molecule has 0 unspecified atom stereocenters. The van der Waals surface area contributed by atoms with Crippen LogP contribution < -0.4 is 27.4 Å². The van der Waals surface area contributed by atoms with Crippen LogP contribution in [0.25, 0.3) is 23.0 Å². The minimum atomic E-state index is -0.546. The third kappa shape index (κ3) is 6.35. The molecule has 0 spiro atoms. The molecule has 2 aromatic carbocycles. The summed E-state index contributed by atoms with van der Waals surface area (Å²) in [5.74, 6) is 0. The van der Waals surface area contributed by atoms with Crippen LogP contribution in [0.1, 0.15) is 17.5 Å². The van der Waals surface area contributed by atoms with Gasteiger partial charge in [0.2, 0.25) is 0 Å². The Bertz CT molecular complexity index is 1340. The van der Waals surface area contributed by atoms with Crippen molar-refractivity contribution in [3.8, 4) is 11.3 Å². The third-order valence-electron chi connectivity index (χ3n) is 5.73. The number of carbonyl (C=O) groups excluding carboxylic acids is 1. The van der Waals surface area contributed by atoms with Crippen molar-refractivity contribution in [3.05, 3.63) is 94.5 Å². The number of pyridine rings is 1. The Morgan fingerprint density at radius 2 is 1.91 bits per heavy atom. The van der Waals surface area contributed by atoms with Gasteiger partial charge in [-0.3, -0.25) is 5.32 Å². The molecule has 3 aromatic rings. The number of benzene rings is 2. The molecule has 1 aromatic heterocycles. The number of nitrogens with one attached hydrogen (secondary N) is 1. The summed E-state index contributed by atoms with van der Waals surface area (Å²) in [4.78, 5) is 19.8. The molecule has 35 heavy (non-hydrogen) atoms. The maximum Gasteiger partial charge on any atom is 0.411 e. The van der Waals surface area contributed by atoms with E-state index in [1.165, 1.54) is 0 Å². The van der Waals surface area contributed by atoms with E-state index < -0.39 is 6.09 Å². The fourth-order valence-electron chi connectivity index (χ4n) is 4.03. The van der Waals surface area contributed by atoms with Crippen LogP contribution in [-0.4, -0.2) is 36.1 Å². The number of likely N-dealkylation sites (N-methyl/N-ethyl adjacent to an activating group) is 1. The van der Waals surface area contributed by atoms with Crippen molar-refractivity contribution in [3.63, 3.8) is 0 Å². The van der Waals surface area contributed by atoms with Crippen LogP contribution in [-0.2, 0) is 17.9 Å². The zero-order chi connectivity index (χ0) is 24.6. The maximum atomic E-state index is 12.7. The van der Waals surface area contributed by atoms with Crippen molar-refractivity contribution < 1.29 is 9.53 Å². The van der Waals surface area contributed by atoms with Crippen LogP contribution in [0.4, 0.5) is 10.5 Å². The van der Waals surface area contributed by atoms with Crippen LogP contribution in [0.5, 0.6) is 0 Å². The predicted molar refractivity (Wildman–Crippen MR) is 140 cm³/mol. The van der Waals surface area contributed by atoms with Gasteiger partial charge in [-0.15, -0.1) is 0 Å². The van der Waals surface area contributed by atoms with Crippen molar-refractivity contribution in [1.29, 1.82) is 0 Å². The number of carbonyl (C=O) groups is 1. The quantitative estimate of drug-likeness (QED) is 0.468. The SMILES string of the molecule is CN(CCN)Cc1cccc(-c2cc(NC(=O)OCc3ccccc3)c3c(n2)=CC=CCC=3N)c1. The van der Waals surface area contributed by atoms with Gasteiger partial charge in [-0.25, -0.2) is 9.78 Å². The summed E-state index contributed by atoms with van der Waals surface area (Å²) in [5, 5.41) is 4.32. The molecule has 1 amide bonds. The molecule has 1 aliphatic rings. The number of ether oxygens (including phenoxy) is 1. The summed E-state index contributed by atoms with van der Waals surface area (Å²) in [7, 11) is 2.04. The first-order valence-corrected chi connectivity index (χ1v) is 11.7. The van der Waals surface area contributed by atoms with Crippen LogP contribution in [0, 0.1) is 0 Å². The topological polar surface area (TPSA) is 106 Å². The third-order valence-corrected chi connectivity index (χ3v) is 5.73. The van der Waals surface area contributed by atoms with Gasteiger partial charge in [-0.1, -0.05) is 60.7 Å². The monoisotopic (exact) mass is 469 g/mol. The molecule has 0 bridgehead atoms. The van der Waals surface area contributed by atoms with Gasteiger partial charge < -0.3 is 21.1 Å². The Morgan fingerprint density at radius 3 is 2.71 bits per heavy atom. The normalized spacial score (nSPS) is 12.6. The first-order chi connectivity index (χ1) is 17.0. The summed E-state index contributed by atoms with van der Waals surface area (Å²) >= 11 is 0. The van der Waals surface area contributed by atoms with E-state index in [0.717, 1.165) is 35.5 Å². The van der Waals surface area contributed by atoms with Gasteiger partial charge in [0.15, 0.2) is 0 Å². The summed E-state index contributed by atoms with van der Waals surface area (Å²) in [6.45, 7) is 2.39. The largest absolute Gasteiger partial charge is 0.444 e. The molecule has 0 fully saturated rings. The van der Waals surface area contributed by atoms with E-state index in [1.54, 1.807) is 0 Å². The smallest absolute Gasteiger partial charge is 0.411 e. The summed E-state index contributed by atoms with van der Waals surface area (Å²) in [6.07, 6.45) is 5.85. The number of nitrogens with zero attached hydrogens (tertiary/aromatic N) is 2. The number of anilines is 1. The number of fused-ring (bicyclic) bond motifs is 1. The van der Waals surface area contributed by atoms with E-state index in [-0.39, 0.29) is 6.61 Å². The van der Waals surface area contributed by atoms with Gasteiger partial charge in [-0.2, -0.15) is 0 Å². The fourth-order valence-corrected chi connectivity index (χ4v) is 4.03.